The summed E-state index contributed by atoms with van der Waals surface area (Å²) in [5.41, 5.74) is 1.09. The van der Waals surface area contributed by atoms with Gasteiger partial charge in [0, 0.05) is 22.3 Å². The van der Waals surface area contributed by atoms with Crippen LogP contribution < -0.4 is 0 Å². The summed E-state index contributed by atoms with van der Waals surface area (Å²) in [6.45, 7) is 0. The molecule has 0 aromatic heterocycles. The van der Waals surface area contributed by atoms with Crippen LogP contribution in [0, 0.1) is 0 Å². The first-order valence-electron chi connectivity index (χ1n) is 5.07. The number of benzene rings is 2. The summed E-state index contributed by atoms with van der Waals surface area (Å²) < 4.78 is 0.752. The fourth-order valence-corrected chi connectivity index (χ4v) is 2.24. The Balaban J connectivity index is 2.34. The Morgan fingerprint density at radius 1 is 1.17 bits per heavy atom. The summed E-state index contributed by atoms with van der Waals surface area (Å²) in [4.78, 5) is 4.16. The number of rotatable bonds is 2. The monoisotopic (exact) mass is 325 g/mol. The minimum Gasteiger partial charge on any atom is -0.508 e. The maximum absolute atomic E-state index is 9.76. The van der Waals surface area contributed by atoms with Gasteiger partial charge >= 0.3 is 0 Å². The molecule has 0 saturated carbocycles. The van der Waals surface area contributed by atoms with Crippen LogP contribution in [0.15, 0.2) is 45.9 Å². The van der Waals surface area contributed by atoms with Gasteiger partial charge < -0.3 is 10.2 Å². The second-order valence-corrected chi connectivity index (χ2v) is 4.93. The van der Waals surface area contributed by atoms with Crippen LogP contribution in [0.2, 0.25) is 5.02 Å². The van der Waals surface area contributed by atoms with Crippen LogP contribution in [0.4, 0.5) is 5.69 Å². The number of hydrogen-bond donors (Lipinski definition) is 2. The van der Waals surface area contributed by atoms with Gasteiger partial charge in [-0.15, -0.1) is 0 Å². The molecule has 2 N–H and O–H groups in total. The van der Waals surface area contributed by atoms with E-state index in [2.05, 4.69) is 20.9 Å². The van der Waals surface area contributed by atoms with E-state index in [1.54, 1.807) is 30.3 Å². The van der Waals surface area contributed by atoms with Crippen molar-refractivity contribution in [1.82, 2.24) is 0 Å². The van der Waals surface area contributed by atoms with Crippen LogP contribution in [0.3, 0.4) is 0 Å². The largest absolute Gasteiger partial charge is 0.508 e. The Labute approximate surface area is 118 Å². The topological polar surface area (TPSA) is 52.8 Å². The fourth-order valence-electron chi connectivity index (χ4n) is 1.40. The third kappa shape index (κ3) is 3.03. The van der Waals surface area contributed by atoms with E-state index in [0.29, 0.717) is 11.3 Å². The number of aliphatic imine (C=N–C) groups is 1. The van der Waals surface area contributed by atoms with Crippen molar-refractivity contribution in [3.8, 4) is 11.5 Å². The highest BCUT2D eigenvalue weighted by molar-refractivity contribution is 9.10. The molecule has 0 bridgehead atoms. The van der Waals surface area contributed by atoms with Gasteiger partial charge in [0.15, 0.2) is 0 Å². The molecule has 5 heteroatoms. The molecule has 0 fully saturated rings. The summed E-state index contributed by atoms with van der Waals surface area (Å²) in [5.74, 6) is 0.116. The van der Waals surface area contributed by atoms with Crippen molar-refractivity contribution in [2.24, 2.45) is 4.99 Å². The lowest BCUT2D eigenvalue weighted by Gasteiger charge is -2.02. The Morgan fingerprint density at radius 3 is 2.67 bits per heavy atom. The van der Waals surface area contributed by atoms with Crippen LogP contribution in [0.1, 0.15) is 5.56 Å². The van der Waals surface area contributed by atoms with Crippen LogP contribution in [-0.4, -0.2) is 16.4 Å². The standard InChI is InChI=1S/C13H9BrClNO2/c14-9-4-8(13(18)12(15)5-9)7-16-10-2-1-3-11(17)6-10/h1-7,17-18H. The summed E-state index contributed by atoms with van der Waals surface area (Å²) >= 11 is 9.13. The van der Waals surface area contributed by atoms with Crippen LogP contribution in [0.5, 0.6) is 11.5 Å². The fraction of sp³-hybridized carbons (Fsp3) is 0. The molecule has 18 heavy (non-hydrogen) atoms. The van der Waals surface area contributed by atoms with Crippen molar-refractivity contribution >= 4 is 39.4 Å². The van der Waals surface area contributed by atoms with E-state index < -0.39 is 0 Å². The molecule has 2 aromatic carbocycles. The van der Waals surface area contributed by atoms with E-state index in [4.69, 9.17) is 11.6 Å². The molecule has 0 aliphatic carbocycles. The van der Waals surface area contributed by atoms with Gasteiger partial charge in [-0.25, -0.2) is 0 Å². The van der Waals surface area contributed by atoms with E-state index in [1.165, 1.54) is 12.3 Å². The Morgan fingerprint density at radius 2 is 1.94 bits per heavy atom. The molecule has 0 aliphatic rings. The Kier molecular flexibility index (Phi) is 3.89. The van der Waals surface area contributed by atoms with Gasteiger partial charge in [0.1, 0.15) is 11.5 Å². The van der Waals surface area contributed by atoms with Crippen LogP contribution in [-0.2, 0) is 0 Å². The maximum atomic E-state index is 9.76. The Bertz CT molecular complexity index is 614. The van der Waals surface area contributed by atoms with Crippen molar-refractivity contribution in [2.45, 2.75) is 0 Å². The summed E-state index contributed by atoms with van der Waals surface area (Å²) in [6.07, 6.45) is 1.49. The number of aromatic hydroxyl groups is 2. The molecule has 92 valence electrons. The van der Waals surface area contributed by atoms with Crippen molar-refractivity contribution < 1.29 is 10.2 Å². The molecule has 0 amide bonds. The van der Waals surface area contributed by atoms with Crippen LogP contribution >= 0.6 is 27.5 Å². The maximum Gasteiger partial charge on any atom is 0.143 e. The van der Waals surface area contributed by atoms with Crippen molar-refractivity contribution in [1.29, 1.82) is 0 Å². The van der Waals surface area contributed by atoms with E-state index >= 15 is 0 Å². The first kappa shape index (κ1) is 12.9. The zero-order chi connectivity index (χ0) is 13.1. The number of phenols is 2. The zero-order valence-corrected chi connectivity index (χ0v) is 11.5. The summed E-state index contributed by atoms with van der Waals surface area (Å²) in [7, 11) is 0. The average molecular weight is 327 g/mol. The lowest BCUT2D eigenvalue weighted by molar-refractivity contribution is 0.474. The van der Waals surface area contributed by atoms with E-state index in [-0.39, 0.29) is 16.5 Å². The highest BCUT2D eigenvalue weighted by Crippen LogP contribution is 2.30. The quantitative estimate of drug-likeness (QED) is 0.810. The third-order valence-electron chi connectivity index (χ3n) is 2.24. The molecule has 0 radical (unpaired) electrons. The minimum absolute atomic E-state index is 0.0243. The zero-order valence-electron chi connectivity index (χ0n) is 9.14. The van der Waals surface area contributed by atoms with Gasteiger partial charge in [-0.3, -0.25) is 4.99 Å². The number of phenolic OH excluding ortho intramolecular Hbond substituents is 2. The second kappa shape index (κ2) is 5.42. The molecular weight excluding hydrogens is 318 g/mol. The molecule has 0 spiro atoms. The molecule has 0 aliphatic heterocycles. The molecule has 0 unspecified atom stereocenters. The van der Waals surface area contributed by atoms with Crippen molar-refractivity contribution in [2.75, 3.05) is 0 Å². The molecule has 2 rings (SSSR count). The van der Waals surface area contributed by atoms with Crippen molar-refractivity contribution in [3.05, 3.63) is 51.5 Å². The van der Waals surface area contributed by atoms with Gasteiger partial charge in [0.05, 0.1) is 10.7 Å². The van der Waals surface area contributed by atoms with Gasteiger partial charge in [0.2, 0.25) is 0 Å². The first-order valence-corrected chi connectivity index (χ1v) is 6.24. The number of nitrogens with zero attached hydrogens (tertiary/aromatic N) is 1. The highest BCUT2D eigenvalue weighted by Gasteiger charge is 2.05. The first-order chi connectivity index (χ1) is 8.56. The van der Waals surface area contributed by atoms with E-state index in [1.807, 2.05) is 0 Å². The average Bonchev–Trinajstić information content (AvgIpc) is 2.32. The molecule has 3 nitrogen and oxygen atoms in total. The third-order valence-corrected chi connectivity index (χ3v) is 2.99. The lowest BCUT2D eigenvalue weighted by atomic mass is 10.2. The van der Waals surface area contributed by atoms with Gasteiger partial charge in [-0.1, -0.05) is 33.6 Å². The number of hydrogen-bond acceptors (Lipinski definition) is 3. The molecular formula is C13H9BrClNO2. The van der Waals surface area contributed by atoms with Gasteiger partial charge in [-0.2, -0.15) is 0 Å². The molecule has 0 atom stereocenters. The van der Waals surface area contributed by atoms with E-state index in [9.17, 15) is 10.2 Å². The van der Waals surface area contributed by atoms with Crippen LogP contribution in [0.25, 0.3) is 0 Å². The lowest BCUT2D eigenvalue weighted by Crippen LogP contribution is -1.84. The molecule has 0 heterocycles. The van der Waals surface area contributed by atoms with Crippen molar-refractivity contribution in [3.63, 3.8) is 0 Å². The number of halogens is 2. The minimum atomic E-state index is -0.0243. The predicted molar refractivity (Wildman–Crippen MR) is 76.2 cm³/mol. The second-order valence-electron chi connectivity index (χ2n) is 3.60. The van der Waals surface area contributed by atoms with Gasteiger partial charge in [-0.05, 0) is 24.3 Å². The SMILES string of the molecule is Oc1cccc(N=Cc2cc(Br)cc(Cl)c2O)c1. The normalized spacial score (nSPS) is 11.0. The smallest absolute Gasteiger partial charge is 0.143 e. The Hall–Kier alpha value is -1.52. The summed E-state index contributed by atoms with van der Waals surface area (Å²) in [6, 6.07) is 9.82. The summed E-state index contributed by atoms with van der Waals surface area (Å²) in [5, 5.41) is 19.3. The highest BCUT2D eigenvalue weighted by atomic mass is 79.9. The molecule has 2 aromatic rings. The predicted octanol–water partition coefficient (Wildman–Crippen LogP) is 4.26. The van der Waals surface area contributed by atoms with Gasteiger partial charge in [0.25, 0.3) is 0 Å². The molecule has 0 saturated heterocycles. The van der Waals surface area contributed by atoms with E-state index in [0.717, 1.165) is 4.47 Å².